The summed E-state index contributed by atoms with van der Waals surface area (Å²) in [6.07, 6.45) is 0. The number of nitrogens with one attached hydrogen (secondary N) is 1. The topological polar surface area (TPSA) is 18.5 Å². The molecule has 0 bridgehead atoms. The average molecular weight is 394 g/mol. The zero-order valence-corrected chi connectivity index (χ0v) is 17.2. The molecule has 0 aliphatic carbocycles. The number of anilines is 1. The number of hydrogen-bond donors (Lipinski definition) is 1. The van der Waals surface area contributed by atoms with Crippen molar-refractivity contribution in [3.63, 3.8) is 0 Å². The minimum Gasteiger partial charge on any atom is -0.378 e. The van der Waals surface area contributed by atoms with Crippen LogP contribution in [0.4, 0.5) is 5.69 Å². The summed E-state index contributed by atoms with van der Waals surface area (Å²) in [6.45, 7) is 1.62. The van der Waals surface area contributed by atoms with Gasteiger partial charge in [0.2, 0.25) is 0 Å². The van der Waals surface area contributed by atoms with Crippen LogP contribution in [0.2, 0.25) is 5.02 Å². The van der Waals surface area contributed by atoms with E-state index in [-0.39, 0.29) is 0 Å². The molecular weight excluding hydrogens is 370 g/mol. The smallest absolute Gasteiger partial charge is 0.169 e. The Kier molecular flexibility index (Phi) is 7.88. The molecule has 0 fully saturated rings. The lowest BCUT2D eigenvalue weighted by Crippen LogP contribution is -2.37. The van der Waals surface area contributed by atoms with E-state index in [0.717, 1.165) is 29.0 Å². The van der Waals surface area contributed by atoms with Crippen molar-refractivity contribution in [1.29, 1.82) is 0 Å². The summed E-state index contributed by atoms with van der Waals surface area (Å²) in [5.74, 6) is 0.952. The summed E-state index contributed by atoms with van der Waals surface area (Å²) in [6, 6.07) is 16.4. The molecule has 0 aliphatic heterocycles. The molecule has 134 valence electrons. The number of rotatable bonds is 7. The second kappa shape index (κ2) is 9.90. The monoisotopic (exact) mass is 393 g/mol. The Hall–Kier alpha value is -1.43. The van der Waals surface area contributed by atoms with Crippen LogP contribution in [-0.4, -0.2) is 43.5 Å². The van der Waals surface area contributed by atoms with Gasteiger partial charge in [0.15, 0.2) is 5.11 Å². The maximum Gasteiger partial charge on any atom is 0.169 e. The highest BCUT2D eigenvalue weighted by atomic mass is 35.5. The Morgan fingerprint density at radius 2 is 1.68 bits per heavy atom. The van der Waals surface area contributed by atoms with Crippen molar-refractivity contribution in [3.8, 4) is 0 Å². The predicted octanol–water partition coefficient (Wildman–Crippen LogP) is 4.50. The van der Waals surface area contributed by atoms with Crippen LogP contribution >= 0.6 is 35.6 Å². The van der Waals surface area contributed by atoms with Gasteiger partial charge in [-0.3, -0.25) is 0 Å². The molecule has 0 aliphatic rings. The van der Waals surface area contributed by atoms with Gasteiger partial charge in [0.1, 0.15) is 0 Å². The summed E-state index contributed by atoms with van der Waals surface area (Å²) >= 11 is 13.2. The quantitative estimate of drug-likeness (QED) is 0.422. The molecule has 2 rings (SSSR count). The lowest BCUT2D eigenvalue weighted by Gasteiger charge is -2.21. The standard InChI is InChI=1S/C19H24ClN3S2/c1-22(2)17-8-4-15(5-9-17)14-23(3)19(24)21-12-13-25-18-10-6-16(20)7-11-18/h4-11H,12-14H2,1-3H3,(H,21,24). The third kappa shape index (κ3) is 6.77. The molecule has 25 heavy (non-hydrogen) atoms. The molecule has 0 heterocycles. The lowest BCUT2D eigenvalue weighted by molar-refractivity contribution is 0.491. The Labute approximate surface area is 165 Å². The third-order valence-corrected chi connectivity index (χ3v) is 5.40. The SMILES string of the molecule is CN(Cc1ccc(N(C)C)cc1)C(=S)NCCSc1ccc(Cl)cc1. The second-order valence-corrected chi connectivity index (χ2v) is 7.94. The fourth-order valence-electron chi connectivity index (χ4n) is 2.24. The molecule has 2 aromatic carbocycles. The van der Waals surface area contributed by atoms with Crippen molar-refractivity contribution in [3.05, 3.63) is 59.1 Å². The molecule has 0 spiro atoms. The maximum absolute atomic E-state index is 5.89. The fourth-order valence-corrected chi connectivity index (χ4v) is 3.30. The Bertz CT molecular complexity index is 672. The van der Waals surface area contributed by atoms with Gasteiger partial charge in [0.05, 0.1) is 0 Å². The summed E-state index contributed by atoms with van der Waals surface area (Å²) in [5.41, 5.74) is 2.44. The van der Waals surface area contributed by atoms with Gasteiger partial charge in [-0.15, -0.1) is 11.8 Å². The third-order valence-electron chi connectivity index (χ3n) is 3.68. The Morgan fingerprint density at radius 1 is 1.04 bits per heavy atom. The van der Waals surface area contributed by atoms with Gasteiger partial charge in [-0.2, -0.15) is 0 Å². The summed E-state index contributed by atoms with van der Waals surface area (Å²) < 4.78 is 0. The molecular formula is C19H24ClN3S2. The number of hydrogen-bond acceptors (Lipinski definition) is 3. The van der Waals surface area contributed by atoms with Crippen LogP contribution in [0.25, 0.3) is 0 Å². The normalized spacial score (nSPS) is 10.4. The number of benzene rings is 2. The van der Waals surface area contributed by atoms with E-state index < -0.39 is 0 Å². The van der Waals surface area contributed by atoms with Crippen molar-refractivity contribution in [2.75, 3.05) is 38.3 Å². The van der Waals surface area contributed by atoms with Crippen molar-refractivity contribution < 1.29 is 0 Å². The summed E-state index contributed by atoms with van der Waals surface area (Å²) in [5, 5.41) is 4.86. The fraction of sp³-hybridized carbons (Fsp3) is 0.316. The molecule has 0 unspecified atom stereocenters. The number of nitrogens with zero attached hydrogens (tertiary/aromatic N) is 2. The zero-order valence-electron chi connectivity index (χ0n) is 14.8. The summed E-state index contributed by atoms with van der Waals surface area (Å²) in [7, 11) is 6.10. The van der Waals surface area contributed by atoms with Crippen LogP contribution in [0.15, 0.2) is 53.4 Å². The van der Waals surface area contributed by atoms with Gasteiger partial charge in [0, 0.05) is 55.6 Å². The minimum atomic E-state index is 0.767. The van der Waals surface area contributed by atoms with Gasteiger partial charge >= 0.3 is 0 Å². The number of halogens is 1. The first-order valence-corrected chi connectivity index (χ1v) is 9.86. The first kappa shape index (κ1) is 19.9. The first-order valence-electron chi connectivity index (χ1n) is 8.09. The zero-order chi connectivity index (χ0) is 18.2. The van der Waals surface area contributed by atoms with Crippen LogP contribution in [0, 0.1) is 0 Å². The number of thiocarbonyl (C=S) groups is 1. The van der Waals surface area contributed by atoms with Crippen LogP contribution in [-0.2, 0) is 6.54 Å². The van der Waals surface area contributed by atoms with Gasteiger partial charge in [0.25, 0.3) is 0 Å². The van der Waals surface area contributed by atoms with E-state index in [1.165, 1.54) is 16.1 Å². The van der Waals surface area contributed by atoms with Crippen molar-refractivity contribution >= 4 is 46.4 Å². The highest BCUT2D eigenvalue weighted by molar-refractivity contribution is 7.99. The van der Waals surface area contributed by atoms with E-state index in [1.54, 1.807) is 11.8 Å². The largest absolute Gasteiger partial charge is 0.378 e. The Balaban J connectivity index is 1.71. The van der Waals surface area contributed by atoms with Gasteiger partial charge in [-0.05, 0) is 54.2 Å². The number of thioether (sulfide) groups is 1. The van der Waals surface area contributed by atoms with E-state index >= 15 is 0 Å². The summed E-state index contributed by atoms with van der Waals surface area (Å²) in [4.78, 5) is 5.37. The van der Waals surface area contributed by atoms with E-state index in [0.29, 0.717) is 0 Å². The Morgan fingerprint density at radius 3 is 2.28 bits per heavy atom. The predicted molar refractivity (Wildman–Crippen MR) is 115 cm³/mol. The minimum absolute atomic E-state index is 0.767. The molecule has 0 amide bonds. The van der Waals surface area contributed by atoms with E-state index in [1.807, 2.05) is 45.4 Å². The molecule has 0 saturated heterocycles. The van der Waals surface area contributed by atoms with E-state index in [4.69, 9.17) is 23.8 Å². The lowest BCUT2D eigenvalue weighted by atomic mass is 10.2. The molecule has 3 nitrogen and oxygen atoms in total. The van der Waals surface area contributed by atoms with Crippen molar-refractivity contribution in [2.45, 2.75) is 11.4 Å². The van der Waals surface area contributed by atoms with E-state index in [9.17, 15) is 0 Å². The van der Waals surface area contributed by atoms with Crippen LogP contribution in [0.3, 0.4) is 0 Å². The van der Waals surface area contributed by atoms with Crippen LogP contribution in [0.5, 0.6) is 0 Å². The van der Waals surface area contributed by atoms with Crippen molar-refractivity contribution in [1.82, 2.24) is 10.2 Å². The highest BCUT2D eigenvalue weighted by Crippen LogP contribution is 2.19. The van der Waals surface area contributed by atoms with Crippen LogP contribution in [0.1, 0.15) is 5.56 Å². The van der Waals surface area contributed by atoms with Gasteiger partial charge < -0.3 is 15.1 Å². The molecule has 2 aromatic rings. The molecule has 0 radical (unpaired) electrons. The molecule has 6 heteroatoms. The first-order chi connectivity index (χ1) is 12.0. The van der Waals surface area contributed by atoms with Gasteiger partial charge in [-0.25, -0.2) is 0 Å². The highest BCUT2D eigenvalue weighted by Gasteiger charge is 2.05. The molecule has 0 atom stereocenters. The molecule has 0 saturated carbocycles. The average Bonchev–Trinajstić information content (AvgIpc) is 2.60. The van der Waals surface area contributed by atoms with Gasteiger partial charge in [-0.1, -0.05) is 23.7 Å². The van der Waals surface area contributed by atoms with E-state index in [2.05, 4.69) is 39.4 Å². The maximum atomic E-state index is 5.89. The van der Waals surface area contributed by atoms with Crippen molar-refractivity contribution in [2.24, 2.45) is 0 Å². The molecule has 0 aromatic heterocycles. The second-order valence-electron chi connectivity index (χ2n) is 5.95. The van der Waals surface area contributed by atoms with Crippen LogP contribution < -0.4 is 10.2 Å². The molecule has 1 N–H and O–H groups in total.